The normalized spacial score (nSPS) is 11.0. The first-order valence-electron chi connectivity index (χ1n) is 9.41. The topological polar surface area (TPSA) is 37.8 Å². The summed E-state index contributed by atoms with van der Waals surface area (Å²) >= 11 is 1.72. The van der Waals surface area contributed by atoms with E-state index in [1.165, 1.54) is 34.4 Å². The highest BCUT2D eigenvalue weighted by Crippen LogP contribution is 2.40. The van der Waals surface area contributed by atoms with E-state index in [2.05, 4.69) is 77.7 Å². The van der Waals surface area contributed by atoms with Gasteiger partial charge in [-0.3, -0.25) is 0 Å². The molecule has 2 aromatic carbocycles. The van der Waals surface area contributed by atoms with E-state index in [1.807, 2.05) is 6.07 Å². The van der Waals surface area contributed by atoms with Crippen LogP contribution < -0.4 is 5.32 Å². The predicted octanol–water partition coefficient (Wildman–Crippen LogP) is 6.75. The van der Waals surface area contributed by atoms with Crippen molar-refractivity contribution in [2.75, 3.05) is 5.32 Å². The molecule has 3 nitrogen and oxygen atoms in total. The van der Waals surface area contributed by atoms with Gasteiger partial charge in [0.05, 0.1) is 5.39 Å². The van der Waals surface area contributed by atoms with Crippen molar-refractivity contribution in [1.29, 1.82) is 0 Å². The second kappa shape index (κ2) is 7.89. The molecule has 0 aliphatic heterocycles. The maximum Gasteiger partial charge on any atom is 0.143 e. The molecule has 2 aromatic heterocycles. The summed E-state index contributed by atoms with van der Waals surface area (Å²) in [5.41, 5.74) is 4.86. The minimum atomic E-state index is 0.865. The van der Waals surface area contributed by atoms with Gasteiger partial charge in [-0.25, -0.2) is 9.97 Å². The van der Waals surface area contributed by atoms with Crippen LogP contribution in [0.25, 0.3) is 21.3 Å². The van der Waals surface area contributed by atoms with E-state index < -0.39 is 0 Å². The lowest BCUT2D eigenvalue weighted by molar-refractivity contribution is 0.795. The van der Waals surface area contributed by atoms with Crippen molar-refractivity contribution in [3.8, 4) is 11.1 Å². The molecule has 0 saturated heterocycles. The van der Waals surface area contributed by atoms with Crippen molar-refractivity contribution in [3.63, 3.8) is 0 Å². The third kappa shape index (κ3) is 3.71. The van der Waals surface area contributed by atoms with E-state index >= 15 is 0 Å². The van der Waals surface area contributed by atoms with Gasteiger partial charge in [-0.1, -0.05) is 55.8 Å². The van der Waals surface area contributed by atoms with Gasteiger partial charge >= 0.3 is 0 Å². The Labute approximate surface area is 164 Å². The molecule has 0 atom stereocenters. The van der Waals surface area contributed by atoms with Crippen LogP contribution in [0.1, 0.15) is 30.2 Å². The Balaban J connectivity index is 1.72. The molecule has 0 unspecified atom stereocenters. The molecule has 4 rings (SSSR count). The number of benzene rings is 2. The van der Waals surface area contributed by atoms with Crippen LogP contribution in [0.5, 0.6) is 0 Å². The first-order chi connectivity index (χ1) is 13.3. The number of thiophene rings is 1. The number of fused-ring (bicyclic) bond motifs is 1. The molecule has 0 aliphatic carbocycles. The number of aryl methyl sites for hydroxylation is 2. The van der Waals surface area contributed by atoms with Gasteiger partial charge in [-0.2, -0.15) is 0 Å². The summed E-state index contributed by atoms with van der Waals surface area (Å²) in [4.78, 5) is 11.3. The summed E-state index contributed by atoms with van der Waals surface area (Å²) in [6.45, 7) is 4.38. The van der Waals surface area contributed by atoms with E-state index in [9.17, 15) is 0 Å². The number of nitrogens with one attached hydrogen (secondary N) is 1. The van der Waals surface area contributed by atoms with Crippen molar-refractivity contribution < 1.29 is 0 Å². The number of anilines is 2. The molecule has 0 amide bonds. The molecule has 4 aromatic rings. The highest BCUT2D eigenvalue weighted by molar-refractivity contribution is 7.19. The maximum absolute atomic E-state index is 4.56. The second-order valence-electron chi connectivity index (χ2n) is 6.73. The van der Waals surface area contributed by atoms with Gasteiger partial charge in [0.15, 0.2) is 0 Å². The van der Waals surface area contributed by atoms with Crippen LogP contribution in [-0.4, -0.2) is 9.97 Å². The smallest absolute Gasteiger partial charge is 0.143 e. The minimum absolute atomic E-state index is 0.865. The molecule has 4 heteroatoms. The van der Waals surface area contributed by atoms with E-state index in [1.54, 1.807) is 17.7 Å². The number of rotatable bonds is 6. The Hall–Kier alpha value is -2.72. The molecule has 0 bridgehead atoms. The minimum Gasteiger partial charge on any atom is -0.340 e. The molecular weight excluding hydrogens is 350 g/mol. The second-order valence-corrected chi connectivity index (χ2v) is 7.93. The molecule has 0 aliphatic rings. The summed E-state index contributed by atoms with van der Waals surface area (Å²) in [6, 6.07) is 19.2. The van der Waals surface area contributed by atoms with Crippen molar-refractivity contribution in [2.24, 2.45) is 0 Å². The average molecular weight is 374 g/mol. The Morgan fingerprint density at radius 2 is 1.74 bits per heavy atom. The number of aromatic nitrogens is 2. The van der Waals surface area contributed by atoms with Gasteiger partial charge in [0.1, 0.15) is 17.0 Å². The molecule has 0 spiro atoms. The quantitative estimate of drug-likeness (QED) is 0.406. The lowest BCUT2D eigenvalue weighted by atomic mass is 10.0. The van der Waals surface area contributed by atoms with Crippen LogP contribution in [-0.2, 0) is 6.42 Å². The molecule has 27 heavy (non-hydrogen) atoms. The Kier molecular flexibility index (Phi) is 5.16. The zero-order valence-corrected chi connectivity index (χ0v) is 16.5. The van der Waals surface area contributed by atoms with E-state index in [0.717, 1.165) is 28.1 Å². The lowest BCUT2D eigenvalue weighted by Crippen LogP contribution is -1.96. The highest BCUT2D eigenvalue weighted by atomic mass is 32.1. The molecule has 0 fully saturated rings. The van der Waals surface area contributed by atoms with E-state index in [4.69, 9.17) is 0 Å². The van der Waals surface area contributed by atoms with Crippen LogP contribution in [0.2, 0.25) is 0 Å². The fourth-order valence-electron chi connectivity index (χ4n) is 3.36. The molecule has 0 saturated carbocycles. The van der Waals surface area contributed by atoms with Gasteiger partial charge in [-0.05, 0) is 43.0 Å². The molecular formula is C23H23N3S. The average Bonchev–Trinajstić information content (AvgIpc) is 3.05. The van der Waals surface area contributed by atoms with Gasteiger partial charge < -0.3 is 5.32 Å². The number of nitrogens with zero attached hydrogens (tertiary/aromatic N) is 2. The third-order valence-corrected chi connectivity index (χ3v) is 5.78. The van der Waals surface area contributed by atoms with E-state index in [-0.39, 0.29) is 0 Å². The summed E-state index contributed by atoms with van der Waals surface area (Å²) < 4.78 is 0. The zero-order chi connectivity index (χ0) is 18.6. The lowest BCUT2D eigenvalue weighted by Gasteiger charge is -2.10. The first kappa shape index (κ1) is 17.7. The Morgan fingerprint density at radius 1 is 0.963 bits per heavy atom. The number of hydrogen-bond acceptors (Lipinski definition) is 4. The largest absolute Gasteiger partial charge is 0.340 e. The number of hydrogen-bond donors (Lipinski definition) is 1. The summed E-state index contributed by atoms with van der Waals surface area (Å²) in [5, 5.41) is 4.61. The van der Waals surface area contributed by atoms with Gasteiger partial charge in [0.25, 0.3) is 0 Å². The van der Waals surface area contributed by atoms with Crippen molar-refractivity contribution in [3.05, 3.63) is 71.4 Å². The number of unbranched alkanes of at least 4 members (excludes halogenated alkanes) is 1. The van der Waals surface area contributed by atoms with Gasteiger partial charge in [0.2, 0.25) is 0 Å². The third-order valence-electron chi connectivity index (χ3n) is 4.76. The zero-order valence-electron chi connectivity index (χ0n) is 15.7. The summed E-state index contributed by atoms with van der Waals surface area (Å²) in [5.74, 6) is 0.865. The van der Waals surface area contributed by atoms with Gasteiger partial charge in [-0.15, -0.1) is 11.3 Å². The molecule has 2 heterocycles. The van der Waals surface area contributed by atoms with Crippen LogP contribution in [0.3, 0.4) is 0 Å². The van der Waals surface area contributed by atoms with Gasteiger partial charge in [0, 0.05) is 16.1 Å². The van der Waals surface area contributed by atoms with E-state index in [0.29, 0.717) is 0 Å². The highest BCUT2D eigenvalue weighted by Gasteiger charge is 2.16. The Morgan fingerprint density at radius 3 is 2.48 bits per heavy atom. The molecule has 0 radical (unpaired) electrons. The fourth-order valence-corrected chi connectivity index (χ4v) is 4.38. The fraction of sp³-hybridized carbons (Fsp3) is 0.217. The van der Waals surface area contributed by atoms with Crippen LogP contribution in [0, 0.1) is 6.92 Å². The Bertz CT molecular complexity index is 1040. The maximum atomic E-state index is 4.56. The monoisotopic (exact) mass is 373 g/mol. The van der Waals surface area contributed by atoms with Crippen LogP contribution in [0.4, 0.5) is 11.5 Å². The SMILES string of the molecule is CCCCc1ccc(Nc2ncnc3sc(C)c(-c4ccccc4)c23)cc1. The van der Waals surface area contributed by atoms with Crippen molar-refractivity contribution in [1.82, 2.24) is 9.97 Å². The van der Waals surface area contributed by atoms with Crippen LogP contribution in [0.15, 0.2) is 60.9 Å². The standard InChI is InChI=1S/C23H23N3S/c1-3-4-8-17-11-13-19(14-12-17)26-22-21-20(18-9-6-5-7-10-18)16(2)27-23(21)25-15-24-22/h5-7,9-15H,3-4,8H2,1-2H3,(H,24,25,26). The summed E-state index contributed by atoms with van der Waals surface area (Å²) in [6.07, 6.45) is 5.23. The van der Waals surface area contributed by atoms with Crippen molar-refractivity contribution in [2.45, 2.75) is 33.1 Å². The first-order valence-corrected chi connectivity index (χ1v) is 10.2. The summed E-state index contributed by atoms with van der Waals surface area (Å²) in [7, 11) is 0. The van der Waals surface area contributed by atoms with Crippen LogP contribution >= 0.6 is 11.3 Å². The molecule has 136 valence electrons. The van der Waals surface area contributed by atoms with Crippen molar-refractivity contribution >= 4 is 33.1 Å². The predicted molar refractivity (Wildman–Crippen MR) is 116 cm³/mol. The molecule has 1 N–H and O–H groups in total.